The summed E-state index contributed by atoms with van der Waals surface area (Å²) in [4.78, 5) is 13.7. The highest BCUT2D eigenvalue weighted by molar-refractivity contribution is 7.94. The van der Waals surface area contributed by atoms with E-state index in [2.05, 4.69) is 9.71 Å². The fraction of sp³-hybridized carbons (Fsp3) is 0. The van der Waals surface area contributed by atoms with Gasteiger partial charge in [0.25, 0.3) is 10.0 Å². The van der Waals surface area contributed by atoms with Gasteiger partial charge in [0.1, 0.15) is 4.21 Å². The quantitative estimate of drug-likeness (QED) is 0.649. The van der Waals surface area contributed by atoms with E-state index < -0.39 is 20.6 Å². The first-order chi connectivity index (χ1) is 8.90. The minimum absolute atomic E-state index is 0.153. The third-order valence-electron chi connectivity index (χ3n) is 2.11. The van der Waals surface area contributed by atoms with Crippen LogP contribution >= 0.6 is 11.3 Å². The standard InChI is InChI=1S/C9H8N4O4S2/c10-9-7(13(14)15)5-8(18-9)19(16,17)12-6-1-3-11-4-2-6/h1-5H,10H2,(H,11,12). The van der Waals surface area contributed by atoms with Crippen molar-refractivity contribution in [1.82, 2.24) is 4.98 Å². The minimum atomic E-state index is -3.89. The molecule has 0 saturated carbocycles. The number of anilines is 2. The number of thiophene rings is 1. The van der Waals surface area contributed by atoms with Crippen LogP contribution in [0.5, 0.6) is 0 Å². The third kappa shape index (κ3) is 2.80. The summed E-state index contributed by atoms with van der Waals surface area (Å²) in [7, 11) is -3.89. The fourth-order valence-electron chi connectivity index (χ4n) is 1.27. The molecule has 2 rings (SSSR count). The van der Waals surface area contributed by atoms with Crippen LogP contribution in [0, 0.1) is 10.1 Å². The number of hydrogen-bond acceptors (Lipinski definition) is 7. The number of nitro groups is 1. The maximum atomic E-state index is 12.0. The van der Waals surface area contributed by atoms with Crippen molar-refractivity contribution in [3.05, 3.63) is 40.7 Å². The summed E-state index contributed by atoms with van der Waals surface area (Å²) < 4.78 is 26.0. The summed E-state index contributed by atoms with van der Waals surface area (Å²) in [5, 5.41) is 10.5. The van der Waals surface area contributed by atoms with Crippen molar-refractivity contribution in [2.75, 3.05) is 10.5 Å². The number of pyridine rings is 1. The molecule has 10 heteroatoms. The Hall–Kier alpha value is -2.20. The van der Waals surface area contributed by atoms with Gasteiger partial charge in [0.05, 0.1) is 10.6 Å². The number of nitrogens with two attached hydrogens (primary N) is 1. The maximum absolute atomic E-state index is 12.0. The monoisotopic (exact) mass is 300 g/mol. The second kappa shape index (κ2) is 4.82. The molecule has 0 spiro atoms. The van der Waals surface area contributed by atoms with Crippen molar-refractivity contribution in [3.8, 4) is 0 Å². The van der Waals surface area contributed by atoms with E-state index in [4.69, 9.17) is 5.73 Å². The smallest absolute Gasteiger partial charge is 0.304 e. The lowest BCUT2D eigenvalue weighted by Gasteiger charge is -2.04. The third-order valence-corrected chi connectivity index (χ3v) is 4.92. The van der Waals surface area contributed by atoms with Crippen molar-refractivity contribution in [2.24, 2.45) is 0 Å². The number of hydrogen-bond donors (Lipinski definition) is 2. The normalized spacial score (nSPS) is 11.2. The Labute approximate surface area is 112 Å². The summed E-state index contributed by atoms with van der Waals surface area (Å²) in [6, 6.07) is 3.86. The number of rotatable bonds is 4. The predicted octanol–water partition coefficient (Wildman–Crippen LogP) is 1.43. The van der Waals surface area contributed by atoms with Crippen molar-refractivity contribution in [3.63, 3.8) is 0 Å². The molecule has 8 nitrogen and oxygen atoms in total. The second-order valence-corrected chi connectivity index (χ2v) is 6.41. The Kier molecular flexibility index (Phi) is 3.36. The number of nitrogens with zero attached hydrogens (tertiary/aromatic N) is 2. The van der Waals surface area contributed by atoms with Crippen LogP contribution in [-0.2, 0) is 10.0 Å². The summed E-state index contributed by atoms with van der Waals surface area (Å²) >= 11 is 0.639. The van der Waals surface area contributed by atoms with Crippen LogP contribution in [-0.4, -0.2) is 18.3 Å². The van der Waals surface area contributed by atoms with Gasteiger partial charge in [-0.25, -0.2) is 8.42 Å². The predicted molar refractivity (Wildman–Crippen MR) is 70.4 cm³/mol. The van der Waals surface area contributed by atoms with Crippen molar-refractivity contribution < 1.29 is 13.3 Å². The molecule has 0 atom stereocenters. The van der Waals surface area contributed by atoms with Crippen LogP contribution in [0.4, 0.5) is 16.4 Å². The van der Waals surface area contributed by atoms with Crippen LogP contribution in [0.3, 0.4) is 0 Å². The molecule has 0 radical (unpaired) electrons. The number of aromatic nitrogens is 1. The minimum Gasteiger partial charge on any atom is -0.385 e. The second-order valence-electron chi connectivity index (χ2n) is 3.41. The summed E-state index contributed by atoms with van der Waals surface area (Å²) in [5.74, 6) is 0. The summed E-state index contributed by atoms with van der Waals surface area (Å²) in [5.41, 5.74) is 5.30. The molecule has 0 saturated heterocycles. The van der Waals surface area contributed by atoms with Crippen LogP contribution in [0.2, 0.25) is 0 Å². The lowest BCUT2D eigenvalue weighted by molar-refractivity contribution is -0.383. The van der Waals surface area contributed by atoms with Gasteiger partial charge in [0.2, 0.25) is 0 Å². The largest absolute Gasteiger partial charge is 0.385 e. The Balaban J connectivity index is 2.35. The zero-order valence-electron chi connectivity index (χ0n) is 9.31. The number of sulfonamides is 1. The van der Waals surface area contributed by atoms with E-state index in [9.17, 15) is 18.5 Å². The fourth-order valence-corrected chi connectivity index (χ4v) is 3.55. The first-order valence-electron chi connectivity index (χ1n) is 4.87. The zero-order chi connectivity index (χ0) is 14.0. The van der Waals surface area contributed by atoms with E-state index in [1.807, 2.05) is 0 Å². The van der Waals surface area contributed by atoms with Crippen LogP contribution in [0.1, 0.15) is 0 Å². The molecule has 0 aliphatic carbocycles. The average Bonchev–Trinajstić information content (AvgIpc) is 2.73. The first-order valence-corrected chi connectivity index (χ1v) is 7.16. The Morgan fingerprint density at radius 3 is 2.53 bits per heavy atom. The highest BCUT2D eigenvalue weighted by Crippen LogP contribution is 2.34. The maximum Gasteiger partial charge on any atom is 0.304 e. The van der Waals surface area contributed by atoms with Crippen molar-refractivity contribution in [1.29, 1.82) is 0 Å². The van der Waals surface area contributed by atoms with Gasteiger partial charge in [-0.05, 0) is 12.1 Å². The number of nitrogens with one attached hydrogen (secondary N) is 1. The van der Waals surface area contributed by atoms with Crippen LogP contribution in [0.25, 0.3) is 0 Å². The summed E-state index contributed by atoms with van der Waals surface area (Å²) in [6.07, 6.45) is 2.84. The Bertz CT molecular complexity index is 711. The van der Waals surface area contributed by atoms with Crippen molar-refractivity contribution in [2.45, 2.75) is 4.21 Å². The van der Waals surface area contributed by atoms with E-state index >= 15 is 0 Å². The van der Waals surface area contributed by atoms with E-state index in [0.29, 0.717) is 17.0 Å². The van der Waals surface area contributed by atoms with Crippen LogP contribution in [0.15, 0.2) is 34.8 Å². The van der Waals surface area contributed by atoms with Gasteiger partial charge < -0.3 is 5.73 Å². The van der Waals surface area contributed by atoms with Gasteiger partial charge in [-0.1, -0.05) is 11.3 Å². The highest BCUT2D eigenvalue weighted by atomic mass is 32.2. The van der Waals surface area contributed by atoms with Gasteiger partial charge in [-0.3, -0.25) is 19.8 Å². The molecule has 0 fully saturated rings. The van der Waals surface area contributed by atoms with Gasteiger partial charge in [0.15, 0.2) is 5.00 Å². The molecular formula is C9H8N4O4S2. The topological polar surface area (TPSA) is 128 Å². The lowest BCUT2D eigenvalue weighted by atomic mass is 10.4. The molecule has 0 aliphatic heterocycles. The average molecular weight is 300 g/mol. The van der Waals surface area contributed by atoms with E-state index in [0.717, 1.165) is 6.07 Å². The SMILES string of the molecule is Nc1sc(S(=O)(=O)Nc2ccncc2)cc1[N+](=O)[O-]. The van der Waals surface area contributed by atoms with Gasteiger partial charge in [-0.2, -0.15) is 0 Å². The Morgan fingerprint density at radius 2 is 2.00 bits per heavy atom. The van der Waals surface area contributed by atoms with E-state index in [-0.39, 0.29) is 9.21 Å². The summed E-state index contributed by atoms with van der Waals surface area (Å²) in [6.45, 7) is 0. The molecule has 100 valence electrons. The molecule has 0 amide bonds. The molecule has 0 bridgehead atoms. The lowest BCUT2D eigenvalue weighted by Crippen LogP contribution is -2.11. The molecule has 2 aromatic heterocycles. The molecule has 0 aliphatic rings. The first kappa shape index (κ1) is 13.2. The molecule has 19 heavy (non-hydrogen) atoms. The highest BCUT2D eigenvalue weighted by Gasteiger charge is 2.24. The molecular weight excluding hydrogens is 292 g/mol. The molecule has 0 unspecified atom stereocenters. The van der Waals surface area contributed by atoms with Crippen molar-refractivity contribution >= 4 is 37.7 Å². The zero-order valence-corrected chi connectivity index (χ0v) is 10.9. The van der Waals surface area contributed by atoms with Gasteiger partial charge in [0, 0.05) is 18.5 Å². The molecule has 0 aromatic carbocycles. The van der Waals surface area contributed by atoms with Gasteiger partial charge in [-0.15, -0.1) is 0 Å². The molecule has 2 heterocycles. The molecule has 2 aromatic rings. The van der Waals surface area contributed by atoms with Crippen LogP contribution < -0.4 is 10.5 Å². The van der Waals surface area contributed by atoms with E-state index in [1.165, 1.54) is 24.5 Å². The molecule has 3 N–H and O–H groups in total. The number of nitrogen functional groups attached to an aromatic ring is 1. The van der Waals surface area contributed by atoms with E-state index in [1.54, 1.807) is 0 Å². The van der Waals surface area contributed by atoms with Gasteiger partial charge >= 0.3 is 5.69 Å². The Morgan fingerprint density at radius 1 is 1.37 bits per heavy atom.